The second-order valence-corrected chi connectivity index (χ2v) is 4.31. The van der Waals surface area contributed by atoms with Crippen molar-refractivity contribution in [3.8, 4) is 0 Å². The number of aryl methyl sites for hydroxylation is 1. The minimum atomic E-state index is -0.217. The first-order valence-electron chi connectivity index (χ1n) is 5.62. The fraction of sp³-hybridized carbons (Fsp3) is 0.231. The smallest absolute Gasteiger partial charge is 0.224 e. The number of hydrogen-bond acceptors (Lipinski definition) is 3. The lowest BCUT2D eigenvalue weighted by molar-refractivity contribution is 0.627. The van der Waals surface area contributed by atoms with Crippen LogP contribution in [0.3, 0.4) is 0 Å². The average molecular weight is 266 g/mol. The molecular weight excluding hydrogens is 253 g/mol. The van der Waals surface area contributed by atoms with Crippen LogP contribution in [-0.2, 0) is 6.42 Å². The summed E-state index contributed by atoms with van der Waals surface area (Å²) in [5, 5.41) is 3.41. The molecule has 0 saturated carbocycles. The Morgan fingerprint density at radius 2 is 2.00 bits per heavy atom. The summed E-state index contributed by atoms with van der Waals surface area (Å²) in [6, 6.07) is 6.47. The van der Waals surface area contributed by atoms with Gasteiger partial charge in [-0.1, -0.05) is 12.1 Å². The van der Waals surface area contributed by atoms with E-state index in [1.807, 2.05) is 6.92 Å². The largest absolute Gasteiger partial charge is 0.369 e. The minimum absolute atomic E-state index is 0.217. The number of nitrogens with zero attached hydrogens (tertiary/aromatic N) is 2. The second-order valence-electron chi connectivity index (χ2n) is 3.97. The number of halogens is 2. The molecule has 1 N–H and O–H groups in total. The zero-order chi connectivity index (χ0) is 13.0. The molecule has 3 nitrogen and oxygen atoms in total. The van der Waals surface area contributed by atoms with Crippen LogP contribution in [0.4, 0.5) is 10.2 Å². The van der Waals surface area contributed by atoms with E-state index in [0.29, 0.717) is 6.54 Å². The van der Waals surface area contributed by atoms with Crippen LogP contribution < -0.4 is 5.32 Å². The summed E-state index contributed by atoms with van der Waals surface area (Å²) < 4.78 is 12.7. The summed E-state index contributed by atoms with van der Waals surface area (Å²) in [5.74, 6) is 0.516. The maximum Gasteiger partial charge on any atom is 0.224 e. The van der Waals surface area contributed by atoms with Gasteiger partial charge < -0.3 is 5.32 Å². The quantitative estimate of drug-likeness (QED) is 0.863. The van der Waals surface area contributed by atoms with Gasteiger partial charge in [0.05, 0.1) is 0 Å². The maximum absolute atomic E-state index is 12.7. The first-order valence-corrected chi connectivity index (χ1v) is 6.00. The number of nitrogens with one attached hydrogen (secondary N) is 1. The van der Waals surface area contributed by atoms with Gasteiger partial charge in [0.2, 0.25) is 5.28 Å². The Hall–Kier alpha value is -1.68. The molecule has 1 aromatic carbocycles. The molecule has 2 rings (SSSR count). The Morgan fingerprint density at radius 3 is 2.72 bits per heavy atom. The van der Waals surface area contributed by atoms with E-state index >= 15 is 0 Å². The van der Waals surface area contributed by atoms with Crippen LogP contribution in [-0.4, -0.2) is 16.5 Å². The molecule has 1 heterocycles. The predicted octanol–water partition coefficient (Wildman–Crippen LogP) is 3.23. The van der Waals surface area contributed by atoms with Crippen LogP contribution in [0.2, 0.25) is 5.28 Å². The highest BCUT2D eigenvalue weighted by atomic mass is 35.5. The van der Waals surface area contributed by atoms with Crippen molar-refractivity contribution in [3.63, 3.8) is 0 Å². The number of rotatable bonds is 4. The summed E-state index contributed by atoms with van der Waals surface area (Å²) in [5.41, 5.74) is 2.01. The molecule has 0 fully saturated rings. The fourth-order valence-corrected chi connectivity index (χ4v) is 1.71. The number of hydrogen-bond donors (Lipinski definition) is 1. The van der Waals surface area contributed by atoms with Gasteiger partial charge in [0.25, 0.3) is 0 Å². The molecule has 0 aliphatic carbocycles. The minimum Gasteiger partial charge on any atom is -0.369 e. The van der Waals surface area contributed by atoms with Gasteiger partial charge >= 0.3 is 0 Å². The Labute approximate surface area is 110 Å². The van der Waals surface area contributed by atoms with Crippen LogP contribution in [0.5, 0.6) is 0 Å². The first-order chi connectivity index (χ1) is 8.65. The van der Waals surface area contributed by atoms with Crippen molar-refractivity contribution in [3.05, 3.63) is 52.7 Å². The van der Waals surface area contributed by atoms with E-state index in [1.165, 1.54) is 12.1 Å². The molecule has 94 valence electrons. The summed E-state index contributed by atoms with van der Waals surface area (Å²) >= 11 is 5.73. The summed E-state index contributed by atoms with van der Waals surface area (Å²) in [4.78, 5) is 7.99. The molecule has 0 aliphatic heterocycles. The molecule has 0 amide bonds. The lowest BCUT2D eigenvalue weighted by Gasteiger charge is -2.08. The van der Waals surface area contributed by atoms with Crippen molar-refractivity contribution < 1.29 is 4.39 Å². The predicted molar refractivity (Wildman–Crippen MR) is 70.4 cm³/mol. The molecule has 0 spiro atoms. The normalized spacial score (nSPS) is 10.4. The van der Waals surface area contributed by atoms with E-state index in [-0.39, 0.29) is 11.1 Å². The zero-order valence-corrected chi connectivity index (χ0v) is 10.7. The van der Waals surface area contributed by atoms with Gasteiger partial charge in [0.15, 0.2) is 0 Å². The number of aromatic nitrogens is 2. The molecule has 2 aromatic rings. The van der Waals surface area contributed by atoms with Crippen molar-refractivity contribution in [2.75, 3.05) is 11.9 Å². The topological polar surface area (TPSA) is 37.8 Å². The third-order valence-corrected chi connectivity index (χ3v) is 2.74. The van der Waals surface area contributed by atoms with E-state index in [1.54, 1.807) is 18.3 Å². The standard InChI is InChI=1S/C13H13ClFN3/c1-9-8-17-13(14)18-12(9)16-7-6-10-2-4-11(15)5-3-10/h2-5,8H,6-7H2,1H3,(H,16,17,18). The number of benzene rings is 1. The molecule has 0 radical (unpaired) electrons. The third-order valence-electron chi connectivity index (χ3n) is 2.56. The van der Waals surface area contributed by atoms with E-state index in [9.17, 15) is 4.39 Å². The fourth-order valence-electron chi connectivity index (χ4n) is 1.58. The lowest BCUT2D eigenvalue weighted by Crippen LogP contribution is -2.08. The molecule has 5 heteroatoms. The maximum atomic E-state index is 12.7. The van der Waals surface area contributed by atoms with E-state index < -0.39 is 0 Å². The SMILES string of the molecule is Cc1cnc(Cl)nc1NCCc1ccc(F)cc1. The Kier molecular flexibility index (Phi) is 4.10. The van der Waals surface area contributed by atoms with E-state index in [2.05, 4.69) is 15.3 Å². The third kappa shape index (κ3) is 3.40. The Morgan fingerprint density at radius 1 is 1.28 bits per heavy atom. The summed E-state index contributed by atoms with van der Waals surface area (Å²) in [6.45, 7) is 2.62. The molecule has 18 heavy (non-hydrogen) atoms. The van der Waals surface area contributed by atoms with Gasteiger partial charge in [-0.3, -0.25) is 0 Å². The molecule has 1 aromatic heterocycles. The Bertz CT molecular complexity index is 528. The Balaban J connectivity index is 1.92. The zero-order valence-electron chi connectivity index (χ0n) is 9.95. The van der Waals surface area contributed by atoms with Crippen molar-refractivity contribution in [2.45, 2.75) is 13.3 Å². The molecule has 0 unspecified atom stereocenters. The summed E-state index contributed by atoms with van der Waals surface area (Å²) in [6.07, 6.45) is 2.47. The van der Waals surface area contributed by atoms with E-state index in [0.717, 1.165) is 23.4 Å². The highest BCUT2D eigenvalue weighted by Crippen LogP contribution is 2.12. The highest BCUT2D eigenvalue weighted by molar-refractivity contribution is 6.28. The van der Waals surface area contributed by atoms with Crippen molar-refractivity contribution in [2.24, 2.45) is 0 Å². The van der Waals surface area contributed by atoms with Crippen LogP contribution in [0.25, 0.3) is 0 Å². The van der Waals surface area contributed by atoms with Gasteiger partial charge in [-0.15, -0.1) is 0 Å². The molecule has 0 bridgehead atoms. The molecule has 0 saturated heterocycles. The first kappa shape index (κ1) is 12.8. The van der Waals surface area contributed by atoms with Crippen LogP contribution in [0.1, 0.15) is 11.1 Å². The van der Waals surface area contributed by atoms with Crippen molar-refractivity contribution in [1.82, 2.24) is 9.97 Å². The monoisotopic (exact) mass is 265 g/mol. The van der Waals surface area contributed by atoms with Crippen LogP contribution >= 0.6 is 11.6 Å². The average Bonchev–Trinajstić information content (AvgIpc) is 2.36. The molecule has 0 atom stereocenters. The van der Waals surface area contributed by atoms with Crippen LogP contribution in [0.15, 0.2) is 30.5 Å². The van der Waals surface area contributed by atoms with Gasteiger partial charge in [0, 0.05) is 18.3 Å². The van der Waals surface area contributed by atoms with Crippen LogP contribution in [0, 0.1) is 12.7 Å². The molecule has 0 aliphatic rings. The van der Waals surface area contributed by atoms with Gasteiger partial charge in [-0.2, -0.15) is 0 Å². The van der Waals surface area contributed by atoms with Gasteiger partial charge in [0.1, 0.15) is 11.6 Å². The second kappa shape index (κ2) is 5.78. The summed E-state index contributed by atoms with van der Waals surface area (Å²) in [7, 11) is 0. The highest BCUT2D eigenvalue weighted by Gasteiger charge is 2.01. The van der Waals surface area contributed by atoms with Gasteiger partial charge in [-0.05, 0) is 42.6 Å². The van der Waals surface area contributed by atoms with Gasteiger partial charge in [-0.25, -0.2) is 14.4 Å². The van der Waals surface area contributed by atoms with E-state index in [4.69, 9.17) is 11.6 Å². The number of anilines is 1. The lowest BCUT2D eigenvalue weighted by atomic mass is 10.1. The van der Waals surface area contributed by atoms with Crippen molar-refractivity contribution in [1.29, 1.82) is 0 Å². The molecular formula is C13H13ClFN3. The van der Waals surface area contributed by atoms with Crippen molar-refractivity contribution >= 4 is 17.4 Å².